The fourth-order valence-electron chi connectivity index (χ4n) is 5.31. The summed E-state index contributed by atoms with van der Waals surface area (Å²) < 4.78 is 0. The highest BCUT2D eigenvalue weighted by atomic mass is 28.3. The molecule has 0 saturated heterocycles. The molecule has 6 rings (SSSR count). The lowest BCUT2D eigenvalue weighted by Gasteiger charge is -2.16. The molecule has 2 aliphatic rings. The highest BCUT2D eigenvalue weighted by Gasteiger charge is 2.30. The molecule has 0 atom stereocenters. The van der Waals surface area contributed by atoms with E-state index in [1.165, 1.54) is 21.5 Å². The Morgan fingerprint density at radius 2 is 0.711 bits per heavy atom. The maximum atomic E-state index is 5.28. The third-order valence-corrected chi connectivity index (χ3v) is 11.7. The SMILES string of the molecule is C[Si](C)(C)c1ccc(C2=N/C(=C3/N=C(c4ccc([Si](C)(C)C)cc4)c4ccccc43)c3ccccc32)cc1. The summed E-state index contributed by atoms with van der Waals surface area (Å²) in [5, 5.41) is 2.93. The van der Waals surface area contributed by atoms with Crippen LogP contribution in [0, 0.1) is 0 Å². The first-order valence-corrected chi connectivity index (χ1v) is 20.4. The highest BCUT2D eigenvalue weighted by molar-refractivity contribution is 6.89. The van der Waals surface area contributed by atoms with Crippen LogP contribution in [0.4, 0.5) is 0 Å². The van der Waals surface area contributed by atoms with Crippen LogP contribution in [0.5, 0.6) is 0 Å². The largest absolute Gasteiger partial charge is 0.245 e. The minimum atomic E-state index is -1.36. The van der Waals surface area contributed by atoms with Gasteiger partial charge in [0, 0.05) is 33.4 Å². The molecule has 0 saturated carbocycles. The Morgan fingerprint density at radius 3 is 1.03 bits per heavy atom. The second kappa shape index (κ2) is 9.00. The lowest BCUT2D eigenvalue weighted by atomic mass is 9.96. The van der Waals surface area contributed by atoms with E-state index in [0.717, 1.165) is 45.1 Å². The molecule has 4 aromatic rings. The number of rotatable bonds is 4. The summed E-state index contributed by atoms with van der Waals surface area (Å²) in [6.45, 7) is 14.3. The molecule has 0 aromatic heterocycles. The number of benzene rings is 4. The fourth-order valence-corrected chi connectivity index (χ4v) is 7.65. The molecular weight excluding hydrogens is 493 g/mol. The summed E-state index contributed by atoms with van der Waals surface area (Å²) >= 11 is 0. The Labute approximate surface area is 228 Å². The molecule has 0 amide bonds. The first-order chi connectivity index (χ1) is 18.1. The van der Waals surface area contributed by atoms with Crippen LogP contribution in [0.3, 0.4) is 0 Å². The van der Waals surface area contributed by atoms with Crippen molar-refractivity contribution in [2.24, 2.45) is 9.98 Å². The molecule has 188 valence electrons. The fraction of sp³-hybridized carbons (Fsp3) is 0.176. The average molecular weight is 527 g/mol. The summed E-state index contributed by atoms with van der Waals surface area (Å²) in [6, 6.07) is 35.3. The van der Waals surface area contributed by atoms with Crippen LogP contribution in [0.1, 0.15) is 33.4 Å². The van der Waals surface area contributed by atoms with Crippen molar-refractivity contribution in [3.05, 3.63) is 130 Å². The Morgan fingerprint density at radius 1 is 0.395 bits per heavy atom. The average Bonchev–Trinajstić information content (AvgIpc) is 3.47. The molecule has 2 nitrogen and oxygen atoms in total. The van der Waals surface area contributed by atoms with Crippen molar-refractivity contribution < 1.29 is 0 Å². The molecule has 2 heterocycles. The van der Waals surface area contributed by atoms with Gasteiger partial charge >= 0.3 is 0 Å². The maximum absolute atomic E-state index is 5.28. The molecule has 0 aliphatic carbocycles. The van der Waals surface area contributed by atoms with Crippen LogP contribution in [0.25, 0.3) is 11.4 Å². The van der Waals surface area contributed by atoms with Gasteiger partial charge in [-0.15, -0.1) is 0 Å². The van der Waals surface area contributed by atoms with Crippen molar-refractivity contribution in [1.29, 1.82) is 0 Å². The van der Waals surface area contributed by atoms with Crippen LogP contribution in [0.15, 0.2) is 107 Å². The Bertz CT molecular complexity index is 1520. The highest BCUT2D eigenvalue weighted by Crippen LogP contribution is 2.41. The maximum Gasteiger partial charge on any atom is 0.0979 e. The summed E-state index contributed by atoms with van der Waals surface area (Å²) in [6.07, 6.45) is 0. The van der Waals surface area contributed by atoms with Gasteiger partial charge in [0.25, 0.3) is 0 Å². The quantitative estimate of drug-likeness (QED) is 0.249. The lowest BCUT2D eigenvalue weighted by molar-refractivity contribution is 1.50. The van der Waals surface area contributed by atoms with E-state index < -0.39 is 16.1 Å². The van der Waals surface area contributed by atoms with Crippen molar-refractivity contribution in [2.75, 3.05) is 0 Å². The van der Waals surface area contributed by atoms with Gasteiger partial charge in [-0.2, -0.15) is 0 Å². The van der Waals surface area contributed by atoms with E-state index in [9.17, 15) is 0 Å². The van der Waals surface area contributed by atoms with Gasteiger partial charge in [0.2, 0.25) is 0 Å². The zero-order chi connectivity index (χ0) is 26.7. The zero-order valence-corrected chi connectivity index (χ0v) is 25.1. The zero-order valence-electron chi connectivity index (χ0n) is 23.1. The van der Waals surface area contributed by atoms with Crippen LogP contribution in [-0.2, 0) is 0 Å². The van der Waals surface area contributed by atoms with Gasteiger partial charge in [-0.05, 0) is 0 Å². The smallest absolute Gasteiger partial charge is 0.0979 e. The molecule has 0 unspecified atom stereocenters. The number of fused-ring (bicyclic) bond motifs is 2. The molecule has 0 fully saturated rings. The minimum Gasteiger partial charge on any atom is -0.245 e. The van der Waals surface area contributed by atoms with Crippen LogP contribution >= 0.6 is 0 Å². The Kier molecular flexibility index (Phi) is 5.85. The second-order valence-electron chi connectivity index (χ2n) is 12.4. The third kappa shape index (κ3) is 4.28. The van der Waals surface area contributed by atoms with Gasteiger partial charge in [0.05, 0.1) is 39.0 Å². The van der Waals surface area contributed by atoms with Gasteiger partial charge in [0.1, 0.15) is 0 Å². The van der Waals surface area contributed by atoms with Crippen molar-refractivity contribution in [3.63, 3.8) is 0 Å². The van der Waals surface area contributed by atoms with Gasteiger partial charge in [-0.3, -0.25) is 0 Å². The van der Waals surface area contributed by atoms with Gasteiger partial charge in [0.15, 0.2) is 0 Å². The van der Waals surface area contributed by atoms with Crippen molar-refractivity contribution in [1.82, 2.24) is 0 Å². The summed E-state index contributed by atoms with van der Waals surface area (Å²) in [5.41, 5.74) is 11.0. The molecule has 0 spiro atoms. The Hall–Kier alpha value is -3.61. The first-order valence-electron chi connectivity index (χ1n) is 13.4. The monoisotopic (exact) mass is 526 g/mol. The molecule has 4 aromatic carbocycles. The second-order valence-corrected chi connectivity index (χ2v) is 22.5. The number of hydrogen-bond acceptors (Lipinski definition) is 2. The van der Waals surface area contributed by atoms with E-state index in [2.05, 4.69) is 136 Å². The summed E-state index contributed by atoms with van der Waals surface area (Å²) in [7, 11) is -2.72. The normalized spacial score (nSPS) is 16.7. The number of hydrogen-bond donors (Lipinski definition) is 0. The number of aliphatic imine (C=N–C) groups is 2. The third-order valence-electron chi connectivity index (χ3n) is 7.59. The van der Waals surface area contributed by atoms with Gasteiger partial charge in [-0.1, -0.05) is 147 Å². The molecule has 2 aliphatic heterocycles. The predicted molar refractivity (Wildman–Crippen MR) is 170 cm³/mol. The van der Waals surface area contributed by atoms with E-state index in [1.807, 2.05) is 0 Å². The van der Waals surface area contributed by atoms with Gasteiger partial charge in [-0.25, -0.2) is 9.98 Å². The van der Waals surface area contributed by atoms with Gasteiger partial charge < -0.3 is 0 Å². The number of nitrogens with zero attached hydrogens (tertiary/aromatic N) is 2. The van der Waals surface area contributed by atoms with Crippen LogP contribution < -0.4 is 10.4 Å². The van der Waals surface area contributed by atoms with E-state index in [-0.39, 0.29) is 0 Å². The van der Waals surface area contributed by atoms with E-state index in [0.29, 0.717) is 0 Å². The van der Waals surface area contributed by atoms with E-state index >= 15 is 0 Å². The Balaban J connectivity index is 1.51. The minimum absolute atomic E-state index is 0.964. The standard InChI is InChI=1S/C34H34N2Si2/c1-37(2,3)25-19-15-23(16-20-25)31-27-11-7-9-13-29(27)33(35-31)34-30-14-10-8-12-28(30)32(36-34)24-17-21-26(22-18-24)38(4,5)6/h7-22H,1-6H3/b34-33+. The van der Waals surface area contributed by atoms with E-state index in [4.69, 9.17) is 9.98 Å². The predicted octanol–water partition coefficient (Wildman–Crippen LogP) is 7.30. The topological polar surface area (TPSA) is 24.7 Å². The first kappa shape index (κ1) is 24.7. The molecule has 4 heteroatoms. The van der Waals surface area contributed by atoms with Crippen molar-refractivity contribution >= 4 is 49.3 Å². The summed E-state index contributed by atoms with van der Waals surface area (Å²) in [4.78, 5) is 10.6. The van der Waals surface area contributed by atoms with Crippen molar-refractivity contribution in [3.8, 4) is 0 Å². The molecular formula is C34H34N2Si2. The molecule has 0 radical (unpaired) electrons. The van der Waals surface area contributed by atoms with Crippen LogP contribution in [-0.4, -0.2) is 27.6 Å². The lowest BCUT2D eigenvalue weighted by Crippen LogP contribution is -2.37. The molecule has 38 heavy (non-hydrogen) atoms. The molecule has 0 N–H and O–H groups in total. The summed E-state index contributed by atoms with van der Waals surface area (Å²) in [5.74, 6) is 0. The van der Waals surface area contributed by atoms with E-state index in [1.54, 1.807) is 0 Å². The van der Waals surface area contributed by atoms with Crippen LogP contribution in [0.2, 0.25) is 39.3 Å². The molecule has 0 bridgehead atoms. The van der Waals surface area contributed by atoms with Crippen molar-refractivity contribution in [2.45, 2.75) is 39.3 Å².